The van der Waals surface area contributed by atoms with E-state index in [-0.39, 0.29) is 11.6 Å². The fraction of sp³-hybridized carbons (Fsp3) is 0.286. The monoisotopic (exact) mass is 399 g/mol. The van der Waals surface area contributed by atoms with E-state index in [2.05, 4.69) is 5.32 Å². The predicted molar refractivity (Wildman–Crippen MR) is 101 cm³/mol. The highest BCUT2D eigenvalue weighted by Crippen LogP contribution is 2.34. The van der Waals surface area contributed by atoms with Crippen LogP contribution in [0.3, 0.4) is 0 Å². The summed E-state index contributed by atoms with van der Waals surface area (Å²) in [6.45, 7) is 2.69. The molecule has 0 bridgehead atoms. The first kappa shape index (κ1) is 19.0. The number of halogens is 2. The SMILES string of the molecule is C[C@@H]1Cc2ccccc2N1C(=O)CN1C(=O)N[C@@](C)(c2cc(F)ccc2F)C1=O. The normalized spacial score (nSPS) is 23.4. The molecule has 0 spiro atoms. The maximum atomic E-state index is 14.3. The number of rotatable bonds is 3. The molecule has 2 aromatic carbocycles. The summed E-state index contributed by atoms with van der Waals surface area (Å²) in [5.41, 5.74) is -0.322. The fourth-order valence-corrected chi connectivity index (χ4v) is 4.06. The molecule has 2 aliphatic heterocycles. The van der Waals surface area contributed by atoms with Crippen LogP contribution in [0.4, 0.5) is 19.3 Å². The van der Waals surface area contributed by atoms with Gasteiger partial charge in [-0.15, -0.1) is 0 Å². The molecular weight excluding hydrogens is 380 g/mol. The molecule has 4 rings (SSSR count). The van der Waals surface area contributed by atoms with Crippen molar-refractivity contribution in [3.63, 3.8) is 0 Å². The van der Waals surface area contributed by atoms with Gasteiger partial charge in [0.1, 0.15) is 23.7 Å². The van der Waals surface area contributed by atoms with E-state index in [1.54, 1.807) is 4.90 Å². The Labute approximate surface area is 166 Å². The third-order valence-corrected chi connectivity index (χ3v) is 5.51. The third kappa shape index (κ3) is 2.95. The van der Waals surface area contributed by atoms with Crippen LogP contribution in [0.2, 0.25) is 0 Å². The quantitative estimate of drug-likeness (QED) is 0.807. The van der Waals surface area contributed by atoms with Crippen molar-refractivity contribution in [1.82, 2.24) is 10.2 Å². The van der Waals surface area contributed by atoms with Gasteiger partial charge in [-0.25, -0.2) is 13.6 Å². The van der Waals surface area contributed by atoms with Crippen LogP contribution in [-0.2, 0) is 21.5 Å². The summed E-state index contributed by atoms with van der Waals surface area (Å²) >= 11 is 0. The van der Waals surface area contributed by atoms with Crippen LogP contribution in [0, 0.1) is 11.6 Å². The number of carbonyl (C=O) groups excluding carboxylic acids is 3. The van der Waals surface area contributed by atoms with Crippen LogP contribution in [0.5, 0.6) is 0 Å². The summed E-state index contributed by atoms with van der Waals surface area (Å²) in [5, 5.41) is 2.40. The summed E-state index contributed by atoms with van der Waals surface area (Å²) < 4.78 is 27.9. The maximum Gasteiger partial charge on any atom is 0.325 e. The van der Waals surface area contributed by atoms with E-state index < -0.39 is 41.6 Å². The molecule has 0 aromatic heterocycles. The summed E-state index contributed by atoms with van der Waals surface area (Å²) in [4.78, 5) is 40.7. The Morgan fingerprint density at radius 3 is 2.69 bits per heavy atom. The molecule has 6 nitrogen and oxygen atoms in total. The molecule has 4 amide bonds. The Kier molecular flexibility index (Phi) is 4.37. The van der Waals surface area contributed by atoms with Crippen molar-refractivity contribution in [1.29, 1.82) is 0 Å². The zero-order valence-electron chi connectivity index (χ0n) is 15.9. The number of hydrogen-bond acceptors (Lipinski definition) is 3. The van der Waals surface area contributed by atoms with Crippen LogP contribution in [0.25, 0.3) is 0 Å². The molecule has 0 radical (unpaired) electrons. The van der Waals surface area contributed by atoms with Crippen molar-refractivity contribution in [3.8, 4) is 0 Å². The number of fused-ring (bicyclic) bond motifs is 1. The number of urea groups is 1. The van der Waals surface area contributed by atoms with Gasteiger partial charge in [0.2, 0.25) is 5.91 Å². The Morgan fingerprint density at radius 1 is 1.21 bits per heavy atom. The van der Waals surface area contributed by atoms with E-state index in [0.717, 1.165) is 34.3 Å². The topological polar surface area (TPSA) is 69.7 Å². The minimum Gasteiger partial charge on any atom is -0.319 e. The van der Waals surface area contributed by atoms with Crippen LogP contribution >= 0.6 is 0 Å². The van der Waals surface area contributed by atoms with Gasteiger partial charge in [0.15, 0.2) is 0 Å². The average molecular weight is 399 g/mol. The Morgan fingerprint density at radius 2 is 1.93 bits per heavy atom. The van der Waals surface area contributed by atoms with Gasteiger partial charge in [-0.05, 0) is 50.1 Å². The third-order valence-electron chi connectivity index (χ3n) is 5.51. The molecule has 1 N–H and O–H groups in total. The van der Waals surface area contributed by atoms with E-state index in [1.165, 1.54) is 6.92 Å². The highest BCUT2D eigenvalue weighted by atomic mass is 19.1. The fourth-order valence-electron chi connectivity index (χ4n) is 4.06. The Bertz CT molecular complexity index is 1040. The van der Waals surface area contributed by atoms with Gasteiger partial charge in [0.05, 0.1) is 0 Å². The van der Waals surface area contributed by atoms with Crippen LogP contribution in [0.1, 0.15) is 25.0 Å². The van der Waals surface area contributed by atoms with E-state index >= 15 is 0 Å². The number of imide groups is 1. The standard InChI is InChI=1S/C21H19F2N3O3/c1-12-9-13-5-3-4-6-17(13)26(12)18(27)11-25-19(28)21(2,24-20(25)29)15-10-14(22)7-8-16(15)23/h3-8,10,12H,9,11H2,1-2H3,(H,24,29)/t12-,21+/m1/s1. The molecule has 2 heterocycles. The van der Waals surface area contributed by atoms with Crippen LogP contribution in [-0.4, -0.2) is 35.3 Å². The zero-order chi connectivity index (χ0) is 20.9. The molecular formula is C21H19F2N3O3. The van der Waals surface area contributed by atoms with Gasteiger partial charge >= 0.3 is 6.03 Å². The molecule has 0 saturated carbocycles. The summed E-state index contributed by atoms with van der Waals surface area (Å²) in [7, 11) is 0. The summed E-state index contributed by atoms with van der Waals surface area (Å²) in [5.74, 6) is -2.78. The van der Waals surface area contributed by atoms with Gasteiger partial charge < -0.3 is 10.2 Å². The molecule has 8 heteroatoms. The first-order valence-electron chi connectivity index (χ1n) is 9.22. The van der Waals surface area contributed by atoms with Gasteiger partial charge in [0.25, 0.3) is 5.91 Å². The number of carbonyl (C=O) groups is 3. The second-order valence-corrected chi connectivity index (χ2v) is 7.52. The van der Waals surface area contributed by atoms with Crippen molar-refractivity contribution in [2.75, 3.05) is 11.4 Å². The highest BCUT2D eigenvalue weighted by molar-refractivity contribution is 6.11. The lowest BCUT2D eigenvalue weighted by Gasteiger charge is -2.26. The number of benzene rings is 2. The molecule has 29 heavy (non-hydrogen) atoms. The van der Waals surface area contributed by atoms with Crippen LogP contribution in [0.15, 0.2) is 42.5 Å². The second-order valence-electron chi connectivity index (χ2n) is 7.52. The molecule has 1 saturated heterocycles. The maximum absolute atomic E-state index is 14.3. The molecule has 0 unspecified atom stereocenters. The second kappa shape index (κ2) is 6.65. The number of amides is 4. The minimum atomic E-state index is -1.79. The van der Waals surface area contributed by atoms with Gasteiger partial charge in [-0.3, -0.25) is 14.5 Å². The Hall–Kier alpha value is -3.29. The number of nitrogens with zero attached hydrogens (tertiary/aromatic N) is 2. The largest absolute Gasteiger partial charge is 0.325 e. The number of anilines is 1. The molecule has 150 valence electrons. The first-order chi connectivity index (χ1) is 13.7. The van der Waals surface area contributed by atoms with Gasteiger partial charge in [-0.1, -0.05) is 18.2 Å². The summed E-state index contributed by atoms with van der Waals surface area (Å²) in [6, 6.07) is 9.19. The molecule has 0 aliphatic carbocycles. The van der Waals surface area contributed by atoms with Crippen molar-refractivity contribution < 1.29 is 23.2 Å². The van der Waals surface area contributed by atoms with E-state index in [4.69, 9.17) is 0 Å². The zero-order valence-corrected chi connectivity index (χ0v) is 15.9. The number of para-hydroxylation sites is 1. The van der Waals surface area contributed by atoms with Gasteiger partial charge in [-0.2, -0.15) is 0 Å². The minimum absolute atomic E-state index is 0.118. The lowest BCUT2D eigenvalue weighted by atomic mass is 9.91. The predicted octanol–water partition coefficient (Wildman–Crippen LogP) is 2.71. The molecule has 2 aromatic rings. The van der Waals surface area contributed by atoms with Crippen molar-refractivity contribution in [3.05, 3.63) is 65.2 Å². The molecule has 2 atom stereocenters. The first-order valence-corrected chi connectivity index (χ1v) is 9.22. The van der Waals surface area contributed by atoms with Crippen LogP contribution < -0.4 is 10.2 Å². The summed E-state index contributed by atoms with van der Waals surface area (Å²) in [6.07, 6.45) is 0.675. The van der Waals surface area contributed by atoms with E-state index in [9.17, 15) is 23.2 Å². The number of hydrogen-bond donors (Lipinski definition) is 1. The van der Waals surface area contributed by atoms with Crippen molar-refractivity contribution in [2.45, 2.75) is 31.8 Å². The lowest BCUT2D eigenvalue weighted by molar-refractivity contribution is -0.134. The average Bonchev–Trinajstić information content (AvgIpc) is 3.12. The van der Waals surface area contributed by atoms with E-state index in [1.807, 2.05) is 31.2 Å². The number of nitrogens with one attached hydrogen (secondary N) is 1. The van der Waals surface area contributed by atoms with Crippen molar-refractivity contribution >= 4 is 23.5 Å². The van der Waals surface area contributed by atoms with Crippen molar-refractivity contribution in [2.24, 2.45) is 0 Å². The van der Waals surface area contributed by atoms with E-state index in [0.29, 0.717) is 6.42 Å². The smallest absolute Gasteiger partial charge is 0.319 e. The molecule has 1 fully saturated rings. The van der Waals surface area contributed by atoms with Gasteiger partial charge in [0, 0.05) is 17.3 Å². The molecule has 2 aliphatic rings. The highest BCUT2D eigenvalue weighted by Gasteiger charge is 2.51. The lowest BCUT2D eigenvalue weighted by Crippen LogP contribution is -2.46. The Balaban J connectivity index is 1.60.